The van der Waals surface area contributed by atoms with E-state index in [1.54, 1.807) is 23.2 Å². The predicted octanol–water partition coefficient (Wildman–Crippen LogP) is 1.04. The minimum atomic E-state index is -0.297. The first-order chi connectivity index (χ1) is 11.6. The molecule has 2 aromatic heterocycles. The van der Waals surface area contributed by atoms with Crippen molar-refractivity contribution in [2.45, 2.75) is 19.4 Å². The highest BCUT2D eigenvalue weighted by atomic mass is 16.5. The van der Waals surface area contributed by atoms with Crippen LogP contribution in [0.25, 0.3) is 0 Å². The lowest BCUT2D eigenvalue weighted by Gasteiger charge is -2.31. The summed E-state index contributed by atoms with van der Waals surface area (Å²) in [6.07, 6.45) is 2.14. The van der Waals surface area contributed by atoms with Gasteiger partial charge in [0.25, 0.3) is 5.91 Å². The molecule has 0 saturated carbocycles. The van der Waals surface area contributed by atoms with E-state index in [-0.39, 0.29) is 12.0 Å². The van der Waals surface area contributed by atoms with Crippen LogP contribution >= 0.6 is 0 Å². The molecule has 8 nitrogen and oxygen atoms in total. The smallest absolute Gasteiger partial charge is 0.254 e. The molecule has 8 heteroatoms. The van der Waals surface area contributed by atoms with Gasteiger partial charge < -0.3 is 14.5 Å². The summed E-state index contributed by atoms with van der Waals surface area (Å²) in [5.41, 5.74) is 0.624. The molecule has 1 fully saturated rings. The van der Waals surface area contributed by atoms with E-state index >= 15 is 0 Å². The molecule has 2 aromatic rings. The number of hydrogen-bond donors (Lipinski definition) is 1. The van der Waals surface area contributed by atoms with Crippen LogP contribution in [0, 0.1) is 0 Å². The van der Waals surface area contributed by atoms with E-state index in [1.807, 2.05) is 25.9 Å². The van der Waals surface area contributed by atoms with Crippen LogP contribution in [0.1, 0.15) is 35.0 Å². The number of nitrogens with one attached hydrogen (secondary N) is 1. The van der Waals surface area contributed by atoms with Crippen LogP contribution in [0.4, 0.5) is 5.82 Å². The summed E-state index contributed by atoms with van der Waals surface area (Å²) in [5, 5.41) is 7.09. The Kier molecular flexibility index (Phi) is 4.75. The van der Waals surface area contributed by atoms with Gasteiger partial charge in [-0.05, 0) is 12.1 Å². The predicted molar refractivity (Wildman–Crippen MR) is 88.9 cm³/mol. The molecule has 3 heterocycles. The lowest BCUT2D eigenvalue weighted by Crippen LogP contribution is -2.42. The third-order valence-electron chi connectivity index (χ3n) is 3.98. The molecular formula is C16H22N6O2. The highest BCUT2D eigenvalue weighted by molar-refractivity contribution is 5.95. The number of anilines is 1. The van der Waals surface area contributed by atoms with Gasteiger partial charge in [-0.2, -0.15) is 5.10 Å². The van der Waals surface area contributed by atoms with Crippen molar-refractivity contribution >= 4 is 11.7 Å². The second-order valence-corrected chi connectivity index (χ2v) is 5.90. The second-order valence-electron chi connectivity index (χ2n) is 5.90. The fourth-order valence-corrected chi connectivity index (χ4v) is 2.58. The van der Waals surface area contributed by atoms with Gasteiger partial charge in [-0.3, -0.25) is 9.89 Å². The number of ether oxygens (including phenoxy) is 1. The third kappa shape index (κ3) is 3.38. The molecule has 0 unspecified atom stereocenters. The molecule has 24 heavy (non-hydrogen) atoms. The maximum atomic E-state index is 12.8. The van der Waals surface area contributed by atoms with Gasteiger partial charge in [0.05, 0.1) is 13.2 Å². The van der Waals surface area contributed by atoms with Crippen molar-refractivity contribution in [3.8, 4) is 0 Å². The number of aryl methyl sites for hydroxylation is 1. The molecular weight excluding hydrogens is 308 g/mol. The first-order valence-corrected chi connectivity index (χ1v) is 8.04. The average Bonchev–Trinajstić information content (AvgIpc) is 3.10. The lowest BCUT2D eigenvalue weighted by atomic mass is 10.2. The number of morpholine rings is 1. The van der Waals surface area contributed by atoms with Crippen LogP contribution in [0.3, 0.4) is 0 Å². The Labute approximate surface area is 140 Å². The van der Waals surface area contributed by atoms with E-state index in [1.165, 1.54) is 0 Å². The Balaban J connectivity index is 1.74. The number of aromatic amines is 1. The summed E-state index contributed by atoms with van der Waals surface area (Å²) in [7, 11) is 3.80. The van der Waals surface area contributed by atoms with Crippen LogP contribution in [-0.4, -0.2) is 64.8 Å². The van der Waals surface area contributed by atoms with Crippen LogP contribution < -0.4 is 4.90 Å². The van der Waals surface area contributed by atoms with E-state index in [0.29, 0.717) is 31.1 Å². The van der Waals surface area contributed by atoms with Crippen molar-refractivity contribution in [1.82, 2.24) is 25.1 Å². The lowest BCUT2D eigenvalue weighted by molar-refractivity contribution is -0.0266. The average molecular weight is 330 g/mol. The highest BCUT2D eigenvalue weighted by Crippen LogP contribution is 2.21. The summed E-state index contributed by atoms with van der Waals surface area (Å²) in [6, 6.07) is 3.54. The minimum absolute atomic E-state index is 0.0277. The van der Waals surface area contributed by atoms with Gasteiger partial charge in [0.1, 0.15) is 17.7 Å². The molecule has 0 bridgehead atoms. The number of hydrogen-bond acceptors (Lipinski definition) is 6. The molecule has 1 aliphatic rings. The summed E-state index contributed by atoms with van der Waals surface area (Å²) in [4.78, 5) is 25.1. The topological polar surface area (TPSA) is 87.2 Å². The van der Waals surface area contributed by atoms with Gasteiger partial charge in [-0.25, -0.2) is 9.97 Å². The van der Waals surface area contributed by atoms with Crippen LogP contribution in [0.15, 0.2) is 18.3 Å². The Morgan fingerprint density at radius 1 is 1.50 bits per heavy atom. The van der Waals surface area contributed by atoms with Crippen molar-refractivity contribution in [2.24, 2.45) is 0 Å². The summed E-state index contributed by atoms with van der Waals surface area (Å²) in [6.45, 7) is 3.48. The molecule has 128 valence electrons. The molecule has 0 radical (unpaired) electrons. The zero-order valence-corrected chi connectivity index (χ0v) is 14.2. The summed E-state index contributed by atoms with van der Waals surface area (Å²) < 4.78 is 5.74. The maximum absolute atomic E-state index is 12.8. The van der Waals surface area contributed by atoms with Gasteiger partial charge in [-0.15, -0.1) is 0 Å². The molecule has 1 aliphatic heterocycles. The zero-order chi connectivity index (χ0) is 17.1. The number of pyridine rings is 1. The first kappa shape index (κ1) is 16.4. The molecule has 1 amide bonds. The number of amides is 1. The Morgan fingerprint density at radius 2 is 2.33 bits per heavy atom. The van der Waals surface area contributed by atoms with E-state index in [4.69, 9.17) is 4.74 Å². The Hall–Kier alpha value is -2.48. The Bertz CT molecular complexity index is 714. The number of rotatable bonds is 4. The maximum Gasteiger partial charge on any atom is 0.254 e. The fourth-order valence-electron chi connectivity index (χ4n) is 2.58. The minimum Gasteiger partial charge on any atom is -0.366 e. The zero-order valence-electron chi connectivity index (χ0n) is 14.2. The largest absolute Gasteiger partial charge is 0.366 e. The van der Waals surface area contributed by atoms with Gasteiger partial charge >= 0.3 is 0 Å². The molecule has 3 rings (SSSR count). The summed E-state index contributed by atoms with van der Waals surface area (Å²) in [5.74, 6) is 2.15. The van der Waals surface area contributed by atoms with Crippen molar-refractivity contribution in [3.05, 3.63) is 35.5 Å². The van der Waals surface area contributed by atoms with Gasteiger partial charge in [0, 0.05) is 38.8 Å². The van der Waals surface area contributed by atoms with Crippen molar-refractivity contribution in [3.63, 3.8) is 0 Å². The van der Waals surface area contributed by atoms with Crippen LogP contribution in [0.5, 0.6) is 0 Å². The van der Waals surface area contributed by atoms with E-state index in [2.05, 4.69) is 20.2 Å². The van der Waals surface area contributed by atoms with Crippen LogP contribution in [-0.2, 0) is 11.2 Å². The number of carbonyl (C=O) groups is 1. The molecule has 0 aliphatic carbocycles. The monoisotopic (exact) mass is 330 g/mol. The summed E-state index contributed by atoms with van der Waals surface area (Å²) >= 11 is 0. The standard InChI is InChI=1S/C16H22N6O2/c1-4-13-18-15(20-19-13)12-10-22(7-8-24-12)16(23)11-5-6-17-14(9-11)21(2)3/h5-6,9,12H,4,7-8,10H2,1-3H3,(H,18,19,20)/t12-/m1/s1. The van der Waals surface area contributed by atoms with Crippen molar-refractivity contribution in [2.75, 3.05) is 38.7 Å². The van der Waals surface area contributed by atoms with Crippen molar-refractivity contribution < 1.29 is 9.53 Å². The number of H-pyrrole nitrogens is 1. The molecule has 0 aromatic carbocycles. The van der Waals surface area contributed by atoms with Gasteiger partial charge in [-0.1, -0.05) is 6.92 Å². The van der Waals surface area contributed by atoms with Gasteiger partial charge in [0.15, 0.2) is 5.82 Å². The number of aromatic nitrogens is 4. The molecule has 1 atom stereocenters. The normalized spacial score (nSPS) is 17.8. The van der Waals surface area contributed by atoms with E-state index in [9.17, 15) is 4.79 Å². The van der Waals surface area contributed by atoms with Crippen LogP contribution in [0.2, 0.25) is 0 Å². The number of nitrogens with zero attached hydrogens (tertiary/aromatic N) is 5. The SMILES string of the molecule is CCc1nc([C@H]2CN(C(=O)c3ccnc(N(C)C)c3)CCO2)n[nH]1. The quantitative estimate of drug-likeness (QED) is 0.901. The molecule has 0 spiro atoms. The van der Waals surface area contributed by atoms with E-state index < -0.39 is 0 Å². The third-order valence-corrected chi connectivity index (χ3v) is 3.98. The highest BCUT2D eigenvalue weighted by Gasteiger charge is 2.28. The van der Waals surface area contributed by atoms with E-state index in [0.717, 1.165) is 18.1 Å². The number of carbonyl (C=O) groups excluding carboxylic acids is 1. The molecule has 1 saturated heterocycles. The fraction of sp³-hybridized carbons (Fsp3) is 0.500. The van der Waals surface area contributed by atoms with Crippen molar-refractivity contribution in [1.29, 1.82) is 0 Å². The molecule has 1 N–H and O–H groups in total. The Morgan fingerprint density at radius 3 is 3.04 bits per heavy atom. The van der Waals surface area contributed by atoms with Gasteiger partial charge in [0.2, 0.25) is 0 Å². The second kappa shape index (κ2) is 6.96. The first-order valence-electron chi connectivity index (χ1n) is 8.04.